The van der Waals surface area contributed by atoms with Crippen molar-refractivity contribution in [3.63, 3.8) is 0 Å². The van der Waals surface area contributed by atoms with Gasteiger partial charge in [-0.1, -0.05) is 40.7 Å². The second-order valence-electron chi connectivity index (χ2n) is 5.97. The monoisotopic (exact) mass is 420 g/mol. The van der Waals surface area contributed by atoms with E-state index in [1.807, 2.05) is 0 Å². The average molecular weight is 422 g/mol. The molecule has 2 aromatic rings. The number of rotatable bonds is 1. The molecular formula is C20H15Cl3N2O2. The summed E-state index contributed by atoms with van der Waals surface area (Å²) >= 11 is 17.7. The van der Waals surface area contributed by atoms with Gasteiger partial charge in [-0.2, -0.15) is 0 Å². The highest BCUT2D eigenvalue weighted by molar-refractivity contribution is 6.42. The lowest BCUT2D eigenvalue weighted by Crippen LogP contribution is -2.50. The van der Waals surface area contributed by atoms with Crippen LogP contribution >= 0.6 is 34.8 Å². The SMILES string of the molecule is O=C(C#Cc1ccc(Cl)c(Cl)c1)N1CCN(C(=O)c2ccc(Cl)cc2)CC1. The molecule has 7 heteroatoms. The minimum absolute atomic E-state index is 0.0688. The third-order valence-electron chi connectivity index (χ3n) is 4.18. The maximum atomic E-state index is 12.5. The fourth-order valence-corrected chi connectivity index (χ4v) is 3.09. The van der Waals surface area contributed by atoms with Gasteiger partial charge in [0.15, 0.2) is 0 Å². The van der Waals surface area contributed by atoms with Crippen LogP contribution in [-0.2, 0) is 4.79 Å². The van der Waals surface area contributed by atoms with E-state index >= 15 is 0 Å². The molecule has 2 amide bonds. The third-order valence-corrected chi connectivity index (χ3v) is 5.17. The van der Waals surface area contributed by atoms with Crippen molar-refractivity contribution in [1.82, 2.24) is 9.80 Å². The molecule has 0 aromatic heterocycles. The lowest BCUT2D eigenvalue weighted by molar-refractivity contribution is -0.126. The number of hydrogen-bond acceptors (Lipinski definition) is 2. The van der Waals surface area contributed by atoms with Crippen LogP contribution in [0.25, 0.3) is 0 Å². The van der Waals surface area contributed by atoms with Gasteiger partial charge in [-0.3, -0.25) is 9.59 Å². The smallest absolute Gasteiger partial charge is 0.298 e. The molecular weight excluding hydrogens is 407 g/mol. The Morgan fingerprint density at radius 2 is 1.44 bits per heavy atom. The Labute approximate surface area is 172 Å². The van der Waals surface area contributed by atoms with Crippen molar-refractivity contribution in [2.24, 2.45) is 0 Å². The van der Waals surface area contributed by atoms with Crippen molar-refractivity contribution in [2.75, 3.05) is 26.2 Å². The van der Waals surface area contributed by atoms with E-state index in [0.29, 0.717) is 52.4 Å². The summed E-state index contributed by atoms with van der Waals surface area (Å²) in [6.07, 6.45) is 0. The molecule has 3 rings (SSSR count). The Morgan fingerprint density at radius 1 is 0.815 bits per heavy atom. The van der Waals surface area contributed by atoms with E-state index < -0.39 is 0 Å². The molecule has 0 spiro atoms. The first-order valence-electron chi connectivity index (χ1n) is 8.25. The molecule has 4 nitrogen and oxygen atoms in total. The van der Waals surface area contributed by atoms with E-state index in [4.69, 9.17) is 34.8 Å². The maximum Gasteiger partial charge on any atom is 0.298 e. The fourth-order valence-electron chi connectivity index (χ4n) is 2.67. The predicted octanol–water partition coefficient (Wildman–Crippen LogP) is 3.98. The number of nitrogens with zero attached hydrogens (tertiary/aromatic N) is 2. The first kappa shape index (κ1) is 19.6. The highest BCUT2D eigenvalue weighted by Crippen LogP contribution is 2.22. The molecule has 2 aromatic carbocycles. The van der Waals surface area contributed by atoms with Crippen LogP contribution in [0.5, 0.6) is 0 Å². The minimum Gasteiger partial charge on any atom is -0.335 e. The number of benzene rings is 2. The molecule has 0 N–H and O–H groups in total. The van der Waals surface area contributed by atoms with Crippen molar-refractivity contribution in [1.29, 1.82) is 0 Å². The molecule has 1 fully saturated rings. The molecule has 0 unspecified atom stereocenters. The van der Waals surface area contributed by atoms with Gasteiger partial charge in [0.1, 0.15) is 0 Å². The Hall–Kier alpha value is -2.19. The Balaban J connectivity index is 1.58. The Kier molecular flexibility index (Phi) is 6.28. The van der Waals surface area contributed by atoms with Gasteiger partial charge in [-0.05, 0) is 42.5 Å². The third kappa shape index (κ3) is 4.95. The molecule has 0 atom stereocenters. The number of hydrogen-bond donors (Lipinski definition) is 0. The molecule has 1 saturated heterocycles. The maximum absolute atomic E-state index is 12.5. The Morgan fingerprint density at radius 3 is 2.07 bits per heavy atom. The summed E-state index contributed by atoms with van der Waals surface area (Å²) in [6, 6.07) is 11.7. The molecule has 1 aliphatic rings. The van der Waals surface area contributed by atoms with E-state index in [0.717, 1.165) is 0 Å². The molecule has 0 saturated carbocycles. The first-order valence-corrected chi connectivity index (χ1v) is 9.38. The summed E-state index contributed by atoms with van der Waals surface area (Å²) in [7, 11) is 0. The minimum atomic E-state index is -0.278. The van der Waals surface area contributed by atoms with Crippen LogP contribution in [0.2, 0.25) is 15.1 Å². The predicted molar refractivity (Wildman–Crippen MR) is 107 cm³/mol. The number of carbonyl (C=O) groups is 2. The zero-order chi connectivity index (χ0) is 19.4. The van der Waals surface area contributed by atoms with Gasteiger partial charge < -0.3 is 9.80 Å². The van der Waals surface area contributed by atoms with E-state index in [1.54, 1.807) is 52.3 Å². The van der Waals surface area contributed by atoms with E-state index in [9.17, 15) is 9.59 Å². The number of piperazine rings is 1. The zero-order valence-corrected chi connectivity index (χ0v) is 16.5. The van der Waals surface area contributed by atoms with Crippen LogP contribution < -0.4 is 0 Å². The number of carbonyl (C=O) groups excluding carboxylic acids is 2. The lowest BCUT2D eigenvalue weighted by Gasteiger charge is -2.33. The van der Waals surface area contributed by atoms with Gasteiger partial charge >= 0.3 is 0 Å². The standard InChI is InChI=1S/C20H15Cl3N2O2/c21-16-5-3-15(4-6-16)20(27)25-11-9-24(10-12-25)19(26)8-2-14-1-7-17(22)18(23)13-14/h1,3-7,13H,9-12H2. The summed E-state index contributed by atoms with van der Waals surface area (Å²) in [5, 5.41) is 1.42. The van der Waals surface area contributed by atoms with Crippen molar-refractivity contribution in [3.05, 3.63) is 68.7 Å². The molecule has 27 heavy (non-hydrogen) atoms. The second kappa shape index (κ2) is 8.67. The Bertz CT molecular complexity index is 924. The molecule has 0 bridgehead atoms. The topological polar surface area (TPSA) is 40.6 Å². The number of halogens is 3. The van der Waals surface area contributed by atoms with Crippen LogP contribution in [0.4, 0.5) is 0 Å². The van der Waals surface area contributed by atoms with Crippen LogP contribution in [0.15, 0.2) is 42.5 Å². The van der Waals surface area contributed by atoms with Gasteiger partial charge in [0, 0.05) is 48.2 Å². The second-order valence-corrected chi connectivity index (χ2v) is 7.22. The van der Waals surface area contributed by atoms with Gasteiger partial charge in [0.25, 0.3) is 11.8 Å². The summed E-state index contributed by atoms with van der Waals surface area (Å²) in [4.78, 5) is 28.1. The van der Waals surface area contributed by atoms with Crippen molar-refractivity contribution in [2.45, 2.75) is 0 Å². The van der Waals surface area contributed by atoms with Crippen LogP contribution in [0.1, 0.15) is 15.9 Å². The molecule has 0 radical (unpaired) electrons. The highest BCUT2D eigenvalue weighted by atomic mass is 35.5. The van der Waals surface area contributed by atoms with Crippen LogP contribution in [-0.4, -0.2) is 47.8 Å². The molecule has 1 heterocycles. The van der Waals surface area contributed by atoms with Gasteiger partial charge in [0.05, 0.1) is 10.0 Å². The largest absolute Gasteiger partial charge is 0.335 e. The van der Waals surface area contributed by atoms with Gasteiger partial charge in [0.2, 0.25) is 0 Å². The lowest BCUT2D eigenvalue weighted by atomic mass is 10.2. The van der Waals surface area contributed by atoms with Crippen LogP contribution in [0, 0.1) is 11.8 Å². The van der Waals surface area contributed by atoms with Crippen molar-refractivity contribution >= 4 is 46.6 Å². The average Bonchev–Trinajstić information content (AvgIpc) is 2.69. The van der Waals surface area contributed by atoms with Gasteiger partial charge in [-0.15, -0.1) is 0 Å². The zero-order valence-electron chi connectivity index (χ0n) is 14.2. The normalized spacial score (nSPS) is 13.7. The first-order chi connectivity index (χ1) is 12.9. The van der Waals surface area contributed by atoms with Crippen molar-refractivity contribution in [3.8, 4) is 11.8 Å². The van der Waals surface area contributed by atoms with E-state index in [-0.39, 0.29) is 11.8 Å². The summed E-state index contributed by atoms with van der Waals surface area (Å²) in [5.41, 5.74) is 1.20. The molecule has 0 aliphatic carbocycles. The fraction of sp³-hybridized carbons (Fsp3) is 0.200. The van der Waals surface area contributed by atoms with Crippen molar-refractivity contribution < 1.29 is 9.59 Å². The highest BCUT2D eigenvalue weighted by Gasteiger charge is 2.24. The van der Waals surface area contributed by atoms with E-state index in [1.165, 1.54) is 0 Å². The quantitative estimate of drug-likeness (QED) is 0.654. The summed E-state index contributed by atoms with van der Waals surface area (Å²) in [5.74, 6) is 5.07. The summed E-state index contributed by atoms with van der Waals surface area (Å²) in [6.45, 7) is 1.80. The van der Waals surface area contributed by atoms with Gasteiger partial charge in [-0.25, -0.2) is 0 Å². The van der Waals surface area contributed by atoms with E-state index in [2.05, 4.69) is 11.8 Å². The van der Waals surface area contributed by atoms with Crippen LogP contribution in [0.3, 0.4) is 0 Å². The molecule has 138 valence electrons. The number of amides is 2. The summed E-state index contributed by atoms with van der Waals surface area (Å²) < 4.78 is 0. The molecule has 1 aliphatic heterocycles.